The Bertz CT molecular complexity index is 555. The first kappa shape index (κ1) is 13.8. The molecule has 2 aromatic rings. The fraction of sp³-hybridized carbons (Fsp3) is 0.200. The van der Waals surface area contributed by atoms with Crippen molar-refractivity contribution >= 4 is 11.6 Å². The lowest BCUT2D eigenvalue weighted by Gasteiger charge is -2.14. The normalized spacial score (nSPS) is 12.2. The smallest absolute Gasteiger partial charge is 0.142 e. The largest absolute Gasteiger partial charge is 0.494 e. The van der Waals surface area contributed by atoms with E-state index < -0.39 is 11.9 Å². The molecule has 2 aromatic carbocycles. The molecule has 0 fully saturated rings. The average Bonchev–Trinajstić information content (AvgIpc) is 2.42. The molecule has 0 aliphatic carbocycles. The van der Waals surface area contributed by atoms with Crippen LogP contribution in [0.3, 0.4) is 0 Å². The summed E-state index contributed by atoms with van der Waals surface area (Å²) in [4.78, 5) is 0. The van der Waals surface area contributed by atoms with Gasteiger partial charge in [0.2, 0.25) is 0 Å². The van der Waals surface area contributed by atoms with Gasteiger partial charge in [-0.25, -0.2) is 4.39 Å². The van der Waals surface area contributed by atoms with Gasteiger partial charge in [0.05, 0.1) is 11.6 Å². The Hall–Kier alpha value is -1.58. The Morgan fingerprint density at radius 3 is 2.53 bits per heavy atom. The third-order valence-electron chi connectivity index (χ3n) is 2.78. The molecule has 4 heteroatoms. The second kappa shape index (κ2) is 6.04. The Morgan fingerprint density at radius 2 is 1.89 bits per heavy atom. The van der Waals surface area contributed by atoms with Crippen molar-refractivity contribution in [3.8, 4) is 5.75 Å². The third kappa shape index (κ3) is 3.06. The summed E-state index contributed by atoms with van der Waals surface area (Å²) in [7, 11) is 0. The van der Waals surface area contributed by atoms with Crippen LogP contribution in [0, 0.1) is 5.82 Å². The molecule has 0 bridgehead atoms. The van der Waals surface area contributed by atoms with Gasteiger partial charge in [0, 0.05) is 5.56 Å². The maximum atomic E-state index is 13.4. The highest BCUT2D eigenvalue weighted by atomic mass is 35.5. The number of ether oxygens (including phenoxy) is 1. The summed E-state index contributed by atoms with van der Waals surface area (Å²) < 4.78 is 18.7. The van der Waals surface area contributed by atoms with Crippen LogP contribution in [0.15, 0.2) is 42.5 Å². The van der Waals surface area contributed by atoms with Gasteiger partial charge in [0.25, 0.3) is 0 Å². The molecule has 100 valence electrons. The summed E-state index contributed by atoms with van der Waals surface area (Å²) >= 11 is 5.86. The first-order valence-corrected chi connectivity index (χ1v) is 6.36. The molecule has 0 radical (unpaired) electrons. The van der Waals surface area contributed by atoms with Crippen molar-refractivity contribution in [2.75, 3.05) is 6.61 Å². The van der Waals surface area contributed by atoms with E-state index in [1.807, 2.05) is 6.92 Å². The molecule has 0 amide bonds. The molecule has 1 unspecified atom stereocenters. The third-order valence-corrected chi connectivity index (χ3v) is 3.18. The molecule has 0 aliphatic heterocycles. The van der Waals surface area contributed by atoms with Crippen molar-refractivity contribution in [2.24, 2.45) is 0 Å². The Balaban J connectivity index is 2.28. The lowest BCUT2D eigenvalue weighted by molar-refractivity contribution is 0.219. The molecule has 0 heterocycles. The topological polar surface area (TPSA) is 29.5 Å². The summed E-state index contributed by atoms with van der Waals surface area (Å²) in [5, 5.41) is 10.2. The van der Waals surface area contributed by atoms with Gasteiger partial charge in [-0.1, -0.05) is 35.9 Å². The summed E-state index contributed by atoms with van der Waals surface area (Å²) in [6.45, 7) is 2.48. The monoisotopic (exact) mass is 280 g/mol. The molecule has 2 nitrogen and oxygen atoms in total. The minimum atomic E-state index is -0.959. The second-order valence-corrected chi connectivity index (χ2v) is 4.43. The van der Waals surface area contributed by atoms with Crippen LogP contribution in [-0.4, -0.2) is 11.7 Å². The van der Waals surface area contributed by atoms with Gasteiger partial charge < -0.3 is 9.84 Å². The van der Waals surface area contributed by atoms with Crippen LogP contribution >= 0.6 is 11.6 Å². The van der Waals surface area contributed by atoms with E-state index in [1.165, 1.54) is 12.1 Å². The number of rotatable bonds is 4. The zero-order chi connectivity index (χ0) is 13.8. The van der Waals surface area contributed by atoms with E-state index in [4.69, 9.17) is 16.3 Å². The first-order valence-electron chi connectivity index (χ1n) is 5.98. The summed E-state index contributed by atoms with van der Waals surface area (Å²) in [6, 6.07) is 11.4. The van der Waals surface area contributed by atoms with Gasteiger partial charge in [-0.05, 0) is 30.7 Å². The molecule has 0 saturated heterocycles. The van der Waals surface area contributed by atoms with Crippen molar-refractivity contribution in [3.63, 3.8) is 0 Å². The molecule has 2 rings (SSSR count). The number of halogens is 2. The van der Waals surface area contributed by atoms with Crippen LogP contribution in [0.4, 0.5) is 4.39 Å². The molecule has 1 atom stereocenters. The van der Waals surface area contributed by atoms with Gasteiger partial charge >= 0.3 is 0 Å². The van der Waals surface area contributed by atoms with Crippen LogP contribution < -0.4 is 4.74 Å². The second-order valence-electron chi connectivity index (χ2n) is 4.05. The molecule has 0 spiro atoms. The Kier molecular flexibility index (Phi) is 4.40. The number of hydrogen-bond acceptors (Lipinski definition) is 2. The summed E-state index contributed by atoms with van der Waals surface area (Å²) in [6.07, 6.45) is -0.959. The van der Waals surface area contributed by atoms with Crippen molar-refractivity contribution < 1.29 is 14.2 Å². The lowest BCUT2D eigenvalue weighted by atomic mass is 10.0. The predicted molar refractivity (Wildman–Crippen MR) is 73.1 cm³/mol. The number of aliphatic hydroxyl groups excluding tert-OH is 1. The fourth-order valence-corrected chi connectivity index (χ4v) is 2.05. The van der Waals surface area contributed by atoms with E-state index in [0.717, 1.165) is 5.75 Å². The average molecular weight is 281 g/mol. The van der Waals surface area contributed by atoms with Gasteiger partial charge in [-0.3, -0.25) is 0 Å². The van der Waals surface area contributed by atoms with Gasteiger partial charge in [-0.15, -0.1) is 0 Å². The van der Waals surface area contributed by atoms with Crippen molar-refractivity contribution in [1.82, 2.24) is 0 Å². The highest BCUT2D eigenvalue weighted by Crippen LogP contribution is 2.30. The summed E-state index contributed by atoms with van der Waals surface area (Å²) in [5.74, 6) is 0.188. The van der Waals surface area contributed by atoms with Crippen molar-refractivity contribution in [3.05, 3.63) is 64.4 Å². The molecular formula is C15H14ClFO2. The SMILES string of the molecule is CCOc1ccc(C(O)c2cccc(F)c2Cl)cc1. The highest BCUT2D eigenvalue weighted by Gasteiger charge is 2.16. The summed E-state index contributed by atoms with van der Waals surface area (Å²) in [5.41, 5.74) is 0.988. The molecule has 0 saturated carbocycles. The maximum Gasteiger partial charge on any atom is 0.142 e. The number of benzene rings is 2. The number of aliphatic hydroxyl groups is 1. The Labute approximate surface area is 116 Å². The molecular weight excluding hydrogens is 267 g/mol. The van der Waals surface area contributed by atoms with Crippen molar-refractivity contribution in [1.29, 1.82) is 0 Å². The quantitative estimate of drug-likeness (QED) is 0.918. The molecule has 0 aromatic heterocycles. The Morgan fingerprint density at radius 1 is 1.21 bits per heavy atom. The predicted octanol–water partition coefficient (Wildman–Crippen LogP) is 3.96. The molecule has 1 N–H and O–H groups in total. The molecule has 19 heavy (non-hydrogen) atoms. The zero-order valence-corrected chi connectivity index (χ0v) is 11.2. The van der Waals surface area contributed by atoms with E-state index in [9.17, 15) is 9.50 Å². The van der Waals surface area contributed by atoms with E-state index >= 15 is 0 Å². The first-order chi connectivity index (χ1) is 9.13. The molecule has 0 aliphatic rings. The van der Waals surface area contributed by atoms with Crippen LogP contribution in [-0.2, 0) is 0 Å². The van der Waals surface area contributed by atoms with E-state index in [1.54, 1.807) is 30.3 Å². The van der Waals surface area contributed by atoms with Gasteiger partial charge in [0.15, 0.2) is 0 Å². The fourth-order valence-electron chi connectivity index (χ4n) is 1.82. The van der Waals surface area contributed by atoms with E-state index in [0.29, 0.717) is 17.7 Å². The van der Waals surface area contributed by atoms with Crippen molar-refractivity contribution in [2.45, 2.75) is 13.0 Å². The van der Waals surface area contributed by atoms with Gasteiger partial charge in [0.1, 0.15) is 17.7 Å². The lowest BCUT2D eigenvalue weighted by Crippen LogP contribution is -2.01. The highest BCUT2D eigenvalue weighted by molar-refractivity contribution is 6.31. The van der Waals surface area contributed by atoms with E-state index in [2.05, 4.69) is 0 Å². The van der Waals surface area contributed by atoms with Crippen LogP contribution in [0.1, 0.15) is 24.2 Å². The van der Waals surface area contributed by atoms with Crippen LogP contribution in [0.5, 0.6) is 5.75 Å². The van der Waals surface area contributed by atoms with E-state index in [-0.39, 0.29) is 5.02 Å². The zero-order valence-electron chi connectivity index (χ0n) is 10.4. The van der Waals surface area contributed by atoms with Gasteiger partial charge in [-0.2, -0.15) is 0 Å². The maximum absolute atomic E-state index is 13.4. The van der Waals surface area contributed by atoms with Crippen LogP contribution in [0.2, 0.25) is 5.02 Å². The van der Waals surface area contributed by atoms with Crippen LogP contribution in [0.25, 0.3) is 0 Å². The minimum absolute atomic E-state index is 0.0520. The minimum Gasteiger partial charge on any atom is -0.494 e. The number of hydrogen-bond donors (Lipinski definition) is 1. The standard InChI is InChI=1S/C15H14ClFO2/c1-2-19-11-8-6-10(7-9-11)15(18)12-4-3-5-13(17)14(12)16/h3-9,15,18H,2H2,1H3.